The minimum atomic E-state index is 0. The first-order chi connectivity index (χ1) is 5.33. The molecule has 15 heavy (non-hydrogen) atoms. The molecule has 1 aromatic rings. The van der Waals surface area contributed by atoms with Crippen LogP contribution in [0, 0.1) is 6.92 Å². The molecule has 1 aromatic heterocycles. The van der Waals surface area contributed by atoms with Crippen molar-refractivity contribution in [3.63, 3.8) is 0 Å². The number of alkyl halides is 1. The third-order valence-corrected chi connectivity index (χ3v) is 1.85. The Kier molecular flexibility index (Phi) is 24.8. The summed E-state index contributed by atoms with van der Waals surface area (Å²) in [5.41, 5.74) is 1.22. The van der Waals surface area contributed by atoms with Gasteiger partial charge in [0.25, 0.3) is 0 Å². The monoisotopic (exact) mass is 304 g/mol. The van der Waals surface area contributed by atoms with E-state index in [1.807, 2.05) is 13.1 Å². The van der Waals surface area contributed by atoms with Gasteiger partial charge in [0.05, 0.1) is 0 Å². The Morgan fingerprint density at radius 2 is 1.87 bits per heavy atom. The molecule has 0 unspecified atom stereocenters. The van der Waals surface area contributed by atoms with E-state index in [1.165, 1.54) is 5.69 Å². The minimum Gasteiger partial charge on any atom is -1.00 e. The molecule has 0 saturated heterocycles. The van der Waals surface area contributed by atoms with E-state index in [0.29, 0.717) is 0 Å². The van der Waals surface area contributed by atoms with E-state index in [4.69, 9.17) is 11.6 Å². The Bertz CT molecular complexity index is 220. The number of rotatable bonds is 4. The fourth-order valence-electron chi connectivity index (χ4n) is 1.01. The van der Waals surface area contributed by atoms with Crippen molar-refractivity contribution in [3.8, 4) is 0 Å². The van der Waals surface area contributed by atoms with Crippen molar-refractivity contribution in [2.45, 2.75) is 26.2 Å². The number of aromatic nitrogens is 2. The van der Waals surface area contributed by atoms with Gasteiger partial charge in [0.15, 0.2) is 0 Å². The molecule has 0 bridgehead atoms. The molecule has 1 heterocycles. The molecule has 0 spiro atoms. The summed E-state index contributed by atoms with van der Waals surface area (Å²) in [7, 11) is 0. The van der Waals surface area contributed by atoms with Gasteiger partial charge in [0.2, 0.25) is 0 Å². The first kappa shape index (κ1) is 24.9. The summed E-state index contributed by atoms with van der Waals surface area (Å²) in [5, 5.41) is 0. The summed E-state index contributed by atoms with van der Waals surface area (Å²) in [4.78, 5) is 7.29. The van der Waals surface area contributed by atoms with E-state index < -0.39 is 0 Å². The maximum absolute atomic E-state index is 5.55. The Balaban J connectivity index is -0.000000151. The average molecular weight is 306 g/mol. The van der Waals surface area contributed by atoms with E-state index in [2.05, 4.69) is 9.97 Å². The number of hydrogen-bond donors (Lipinski definition) is 1. The van der Waals surface area contributed by atoms with Crippen LogP contribution in [-0.2, 0) is 6.42 Å². The smallest absolute Gasteiger partial charge is 1.00 e. The summed E-state index contributed by atoms with van der Waals surface area (Å²) in [6.45, 7) is 1.96. The second-order valence-electron chi connectivity index (χ2n) is 2.64. The van der Waals surface area contributed by atoms with Crippen molar-refractivity contribution >= 4 is 29.0 Å². The number of halogens is 4. The third-order valence-electron chi connectivity index (χ3n) is 1.59. The first-order valence-corrected chi connectivity index (χ1v) is 4.43. The predicted molar refractivity (Wildman–Crippen MR) is 52.7 cm³/mol. The van der Waals surface area contributed by atoms with Crippen molar-refractivity contribution in [1.82, 2.24) is 9.97 Å². The fraction of sp³-hybridized carbons (Fsp3) is 0.625. The molecule has 1 N–H and O–H groups in total. The van der Waals surface area contributed by atoms with Crippen molar-refractivity contribution < 1.29 is 37.2 Å². The molecular weight excluding hydrogens is 293 g/mol. The van der Waals surface area contributed by atoms with E-state index in [-0.39, 0.29) is 54.6 Å². The zero-order valence-electron chi connectivity index (χ0n) is 8.44. The molecule has 0 aliphatic rings. The standard InChI is InChI=1S/C8H13ClN2.Al.3ClH/c1-7-10-6-8(11-7)4-2-3-5-9;;;;/h6H,2-5H2,1H3,(H,10,11);;3*1H/q;+3;;;/p-3. The van der Waals surface area contributed by atoms with Crippen LogP contribution in [0.2, 0.25) is 0 Å². The molecular formula is C8H13AlCl4N2. The summed E-state index contributed by atoms with van der Waals surface area (Å²) in [5.74, 6) is 1.75. The van der Waals surface area contributed by atoms with Crippen LogP contribution in [-0.4, -0.2) is 33.2 Å². The second-order valence-corrected chi connectivity index (χ2v) is 3.02. The molecule has 0 radical (unpaired) electrons. The second kappa shape index (κ2) is 14.9. The van der Waals surface area contributed by atoms with E-state index >= 15 is 0 Å². The largest absolute Gasteiger partial charge is 3.00 e. The molecule has 0 aromatic carbocycles. The van der Waals surface area contributed by atoms with Gasteiger partial charge in [-0.2, -0.15) is 0 Å². The van der Waals surface area contributed by atoms with E-state index in [9.17, 15) is 0 Å². The van der Waals surface area contributed by atoms with E-state index in [0.717, 1.165) is 31.0 Å². The van der Waals surface area contributed by atoms with Crippen LogP contribution in [0.1, 0.15) is 24.4 Å². The molecule has 1 rings (SSSR count). The summed E-state index contributed by atoms with van der Waals surface area (Å²) >= 11 is 5.55. The zero-order valence-corrected chi connectivity index (χ0v) is 12.6. The van der Waals surface area contributed by atoms with Crippen LogP contribution in [0.4, 0.5) is 0 Å². The van der Waals surface area contributed by atoms with Crippen LogP contribution in [0.15, 0.2) is 6.20 Å². The zero-order chi connectivity index (χ0) is 8.10. The van der Waals surface area contributed by atoms with Crippen LogP contribution in [0.25, 0.3) is 0 Å². The quantitative estimate of drug-likeness (QED) is 0.334. The molecule has 86 valence electrons. The number of hydrogen-bond acceptors (Lipinski definition) is 1. The van der Waals surface area contributed by atoms with Gasteiger partial charge < -0.3 is 42.2 Å². The van der Waals surface area contributed by atoms with Gasteiger partial charge in [-0.3, -0.25) is 0 Å². The maximum Gasteiger partial charge on any atom is 3.00 e. The van der Waals surface area contributed by atoms with Gasteiger partial charge in [0.1, 0.15) is 5.82 Å². The fourth-order valence-corrected chi connectivity index (χ4v) is 1.20. The minimum absolute atomic E-state index is 0. The van der Waals surface area contributed by atoms with Gasteiger partial charge in [-0.15, -0.1) is 11.6 Å². The van der Waals surface area contributed by atoms with Crippen LogP contribution in [0.5, 0.6) is 0 Å². The van der Waals surface area contributed by atoms with Gasteiger partial charge >= 0.3 is 17.4 Å². The summed E-state index contributed by atoms with van der Waals surface area (Å²) < 4.78 is 0. The number of nitrogens with one attached hydrogen (secondary N) is 1. The Morgan fingerprint density at radius 1 is 1.27 bits per heavy atom. The molecule has 0 amide bonds. The number of aryl methyl sites for hydroxylation is 2. The number of H-pyrrole nitrogens is 1. The number of imidazole rings is 1. The van der Waals surface area contributed by atoms with Crippen molar-refractivity contribution in [2.24, 2.45) is 0 Å². The maximum atomic E-state index is 5.55. The SMILES string of the molecule is Cc1ncc(CCCCCl)[nH]1.[Al+3].[Cl-].[Cl-].[Cl-]. The number of unbranched alkanes of at least 4 members (excludes halogenated alkanes) is 1. The molecule has 0 fully saturated rings. The molecule has 0 aliphatic heterocycles. The molecule has 0 atom stereocenters. The molecule has 7 heteroatoms. The summed E-state index contributed by atoms with van der Waals surface area (Å²) in [6.07, 6.45) is 5.18. The van der Waals surface area contributed by atoms with E-state index in [1.54, 1.807) is 0 Å². The predicted octanol–water partition coefficient (Wildman–Crippen LogP) is -7.09. The molecule has 0 aliphatic carbocycles. The first-order valence-electron chi connectivity index (χ1n) is 3.89. The van der Waals surface area contributed by atoms with Gasteiger partial charge in [-0.25, -0.2) is 4.98 Å². The average Bonchev–Trinajstić information content (AvgIpc) is 2.37. The van der Waals surface area contributed by atoms with Crippen LogP contribution in [0.3, 0.4) is 0 Å². The van der Waals surface area contributed by atoms with Crippen molar-refractivity contribution in [1.29, 1.82) is 0 Å². The Labute approximate surface area is 125 Å². The third kappa shape index (κ3) is 11.2. The Hall–Kier alpha value is 0.902. The normalized spacial score (nSPS) is 7.60. The van der Waals surface area contributed by atoms with Crippen molar-refractivity contribution in [2.75, 3.05) is 5.88 Å². The number of aromatic amines is 1. The van der Waals surface area contributed by atoms with Crippen LogP contribution >= 0.6 is 11.6 Å². The Morgan fingerprint density at radius 3 is 2.27 bits per heavy atom. The van der Waals surface area contributed by atoms with Crippen LogP contribution < -0.4 is 37.2 Å². The van der Waals surface area contributed by atoms with Gasteiger partial charge in [0, 0.05) is 17.8 Å². The molecule has 0 saturated carbocycles. The van der Waals surface area contributed by atoms with Gasteiger partial charge in [-0.1, -0.05) is 0 Å². The van der Waals surface area contributed by atoms with Gasteiger partial charge in [-0.05, 0) is 26.2 Å². The topological polar surface area (TPSA) is 28.7 Å². The number of nitrogens with zero attached hydrogens (tertiary/aromatic N) is 1. The van der Waals surface area contributed by atoms with Crippen molar-refractivity contribution in [3.05, 3.63) is 17.7 Å². The summed E-state index contributed by atoms with van der Waals surface area (Å²) in [6, 6.07) is 0. The molecule has 2 nitrogen and oxygen atoms in total.